The summed E-state index contributed by atoms with van der Waals surface area (Å²) >= 11 is 0. The Balaban J connectivity index is 2.34. The lowest BCUT2D eigenvalue weighted by Crippen LogP contribution is -2.24. The van der Waals surface area contributed by atoms with E-state index < -0.39 is 12.2 Å². The molecule has 0 heterocycles. The van der Waals surface area contributed by atoms with Crippen LogP contribution in [0.25, 0.3) is 0 Å². The molecule has 0 bridgehead atoms. The Morgan fingerprint density at radius 3 is 2.33 bits per heavy atom. The van der Waals surface area contributed by atoms with E-state index >= 15 is 0 Å². The first kappa shape index (κ1) is 21.4. The van der Waals surface area contributed by atoms with Gasteiger partial charge in [0, 0.05) is 6.42 Å². The zero-order chi connectivity index (χ0) is 17.9. The van der Waals surface area contributed by atoms with E-state index in [4.69, 9.17) is 0 Å². The number of hydrogen-bond acceptors (Lipinski definition) is 5. The third kappa shape index (κ3) is 7.49. The fraction of sp³-hybridized carbons (Fsp3) is 0.947. The minimum Gasteiger partial charge on any atom is -0.469 e. The van der Waals surface area contributed by atoms with Crippen LogP contribution in [0, 0.1) is 11.8 Å². The van der Waals surface area contributed by atoms with Crippen molar-refractivity contribution in [2.24, 2.45) is 11.8 Å². The first-order valence-electron chi connectivity index (χ1n) is 9.60. The highest BCUT2D eigenvalue weighted by molar-refractivity contribution is 5.68. The lowest BCUT2D eigenvalue weighted by Gasteiger charge is -2.24. The molecule has 5 nitrogen and oxygen atoms in total. The fourth-order valence-corrected chi connectivity index (χ4v) is 3.89. The number of aliphatic hydroxyl groups is 3. The second-order valence-corrected chi connectivity index (χ2v) is 7.25. The average molecular weight is 344 g/mol. The number of aliphatic hydroxyl groups excluding tert-OH is 3. The Morgan fingerprint density at radius 1 is 1.04 bits per heavy atom. The number of ether oxygens (including phenoxy) is 1. The van der Waals surface area contributed by atoms with Gasteiger partial charge in [-0.1, -0.05) is 32.6 Å². The van der Waals surface area contributed by atoms with Crippen molar-refractivity contribution in [3.63, 3.8) is 0 Å². The van der Waals surface area contributed by atoms with Gasteiger partial charge in [-0.3, -0.25) is 4.79 Å². The van der Waals surface area contributed by atoms with Gasteiger partial charge >= 0.3 is 5.97 Å². The molecule has 0 radical (unpaired) electrons. The number of methoxy groups -OCH3 is 1. The van der Waals surface area contributed by atoms with Crippen molar-refractivity contribution in [1.29, 1.82) is 0 Å². The second kappa shape index (κ2) is 11.8. The summed E-state index contributed by atoms with van der Waals surface area (Å²) in [7, 11) is 1.39. The van der Waals surface area contributed by atoms with Crippen LogP contribution in [-0.2, 0) is 9.53 Å². The van der Waals surface area contributed by atoms with E-state index in [0.29, 0.717) is 19.3 Å². The topological polar surface area (TPSA) is 87.0 Å². The van der Waals surface area contributed by atoms with Crippen LogP contribution >= 0.6 is 0 Å². The van der Waals surface area contributed by atoms with Crippen molar-refractivity contribution in [2.45, 2.75) is 95.9 Å². The zero-order valence-electron chi connectivity index (χ0n) is 15.3. The third-order valence-electron chi connectivity index (χ3n) is 5.39. The summed E-state index contributed by atoms with van der Waals surface area (Å²) in [4.78, 5) is 11.1. The SMILES string of the molecule is CCCCC[C@@H](O)CC[C@H]1[C@@H](CCCCC(=O)OC)[C@H](O)C[C@@H]1O. The Kier molecular flexibility index (Phi) is 10.5. The molecule has 0 aromatic rings. The summed E-state index contributed by atoms with van der Waals surface area (Å²) in [5, 5.41) is 30.5. The van der Waals surface area contributed by atoms with Crippen LogP contribution in [0.4, 0.5) is 0 Å². The van der Waals surface area contributed by atoms with Crippen molar-refractivity contribution in [3.8, 4) is 0 Å². The number of carbonyl (C=O) groups excluding carboxylic acids is 1. The number of hydrogen-bond donors (Lipinski definition) is 3. The second-order valence-electron chi connectivity index (χ2n) is 7.25. The molecule has 0 amide bonds. The molecule has 24 heavy (non-hydrogen) atoms. The summed E-state index contributed by atoms with van der Waals surface area (Å²) in [6.45, 7) is 2.15. The summed E-state index contributed by atoms with van der Waals surface area (Å²) in [6, 6.07) is 0. The molecular formula is C19H36O5. The molecule has 3 N–H and O–H groups in total. The molecule has 0 unspecified atom stereocenters. The molecule has 1 rings (SSSR count). The van der Waals surface area contributed by atoms with E-state index in [9.17, 15) is 20.1 Å². The zero-order valence-corrected chi connectivity index (χ0v) is 15.3. The fourth-order valence-electron chi connectivity index (χ4n) is 3.89. The van der Waals surface area contributed by atoms with Gasteiger partial charge in [0.1, 0.15) is 0 Å². The van der Waals surface area contributed by atoms with Gasteiger partial charge < -0.3 is 20.1 Å². The Labute approximate surface area is 146 Å². The predicted molar refractivity (Wildman–Crippen MR) is 93.5 cm³/mol. The minimum absolute atomic E-state index is 0.0546. The van der Waals surface area contributed by atoms with Crippen LogP contribution in [0.15, 0.2) is 0 Å². The van der Waals surface area contributed by atoms with E-state index in [2.05, 4.69) is 11.7 Å². The maximum absolute atomic E-state index is 11.1. The summed E-state index contributed by atoms with van der Waals surface area (Å²) in [6.07, 6.45) is 7.59. The molecule has 142 valence electrons. The van der Waals surface area contributed by atoms with Crippen LogP contribution in [-0.4, -0.2) is 46.7 Å². The maximum atomic E-state index is 11.1. The monoisotopic (exact) mass is 344 g/mol. The van der Waals surface area contributed by atoms with Crippen molar-refractivity contribution < 1.29 is 24.9 Å². The van der Waals surface area contributed by atoms with E-state index in [-0.39, 0.29) is 23.9 Å². The third-order valence-corrected chi connectivity index (χ3v) is 5.39. The molecule has 0 spiro atoms. The van der Waals surface area contributed by atoms with E-state index in [0.717, 1.165) is 51.4 Å². The summed E-state index contributed by atoms with van der Waals surface area (Å²) in [5.74, 6) is -0.0757. The summed E-state index contributed by atoms with van der Waals surface area (Å²) in [5.41, 5.74) is 0. The van der Waals surface area contributed by atoms with Crippen LogP contribution in [0.1, 0.15) is 77.6 Å². The molecule has 0 aromatic heterocycles. The Hall–Kier alpha value is -0.650. The molecule has 0 aliphatic heterocycles. The molecule has 1 aliphatic carbocycles. The van der Waals surface area contributed by atoms with Gasteiger partial charge in [-0.2, -0.15) is 0 Å². The number of esters is 1. The molecule has 1 fully saturated rings. The van der Waals surface area contributed by atoms with Gasteiger partial charge in [0.15, 0.2) is 0 Å². The van der Waals surface area contributed by atoms with Crippen LogP contribution < -0.4 is 0 Å². The van der Waals surface area contributed by atoms with Crippen molar-refractivity contribution in [1.82, 2.24) is 0 Å². The standard InChI is InChI=1S/C19H36O5/c1-3-4-5-8-14(20)11-12-16-15(17(21)13-18(16)22)9-6-7-10-19(23)24-2/h14-18,20-22H,3-13H2,1-2H3/t14-,15-,16+,17-,18+/m1/s1. The van der Waals surface area contributed by atoms with Crippen LogP contribution in [0.3, 0.4) is 0 Å². The van der Waals surface area contributed by atoms with E-state index in [1.54, 1.807) is 0 Å². The summed E-state index contributed by atoms with van der Waals surface area (Å²) < 4.78 is 4.63. The van der Waals surface area contributed by atoms with Gasteiger partial charge in [0.05, 0.1) is 25.4 Å². The highest BCUT2D eigenvalue weighted by atomic mass is 16.5. The van der Waals surface area contributed by atoms with Gasteiger partial charge in [0.25, 0.3) is 0 Å². The van der Waals surface area contributed by atoms with Crippen molar-refractivity contribution >= 4 is 5.97 Å². The van der Waals surface area contributed by atoms with Gasteiger partial charge in [-0.05, 0) is 50.4 Å². The Bertz CT molecular complexity index is 347. The van der Waals surface area contributed by atoms with E-state index in [1.807, 2.05) is 0 Å². The van der Waals surface area contributed by atoms with Crippen LogP contribution in [0.5, 0.6) is 0 Å². The quantitative estimate of drug-likeness (QED) is 0.374. The largest absolute Gasteiger partial charge is 0.469 e. The number of rotatable bonds is 12. The predicted octanol–water partition coefficient (Wildman–Crippen LogP) is 2.80. The normalized spacial score (nSPS) is 28.0. The maximum Gasteiger partial charge on any atom is 0.305 e. The number of unbranched alkanes of at least 4 members (excludes halogenated alkanes) is 3. The van der Waals surface area contributed by atoms with Gasteiger partial charge in [0.2, 0.25) is 0 Å². The number of carbonyl (C=O) groups is 1. The minimum atomic E-state index is -0.478. The molecule has 0 aromatic carbocycles. The average Bonchev–Trinajstić information content (AvgIpc) is 2.82. The molecule has 0 saturated heterocycles. The molecule has 5 heteroatoms. The highest BCUT2D eigenvalue weighted by Crippen LogP contribution is 2.39. The first-order valence-corrected chi connectivity index (χ1v) is 9.60. The highest BCUT2D eigenvalue weighted by Gasteiger charge is 2.40. The van der Waals surface area contributed by atoms with Crippen molar-refractivity contribution in [2.75, 3.05) is 7.11 Å². The van der Waals surface area contributed by atoms with Gasteiger partial charge in [-0.15, -0.1) is 0 Å². The Morgan fingerprint density at radius 2 is 1.71 bits per heavy atom. The van der Waals surface area contributed by atoms with Gasteiger partial charge in [-0.25, -0.2) is 0 Å². The van der Waals surface area contributed by atoms with E-state index in [1.165, 1.54) is 7.11 Å². The van der Waals surface area contributed by atoms with Crippen LogP contribution in [0.2, 0.25) is 0 Å². The molecule has 1 aliphatic rings. The van der Waals surface area contributed by atoms with Crippen molar-refractivity contribution in [3.05, 3.63) is 0 Å². The smallest absolute Gasteiger partial charge is 0.305 e. The lowest BCUT2D eigenvalue weighted by molar-refractivity contribution is -0.140. The molecule has 5 atom stereocenters. The lowest BCUT2D eigenvalue weighted by atomic mass is 9.84. The first-order chi connectivity index (χ1) is 11.5. The molecule has 1 saturated carbocycles. The molecular weight excluding hydrogens is 308 g/mol.